The zero-order valence-corrected chi connectivity index (χ0v) is 8.32. The van der Waals surface area contributed by atoms with E-state index in [1.807, 2.05) is 0 Å². The number of rotatable bonds is 4. The van der Waals surface area contributed by atoms with Crippen LogP contribution in [0.15, 0.2) is 0 Å². The first kappa shape index (κ1) is 11.4. The molecule has 82 valence electrons. The summed E-state index contributed by atoms with van der Waals surface area (Å²) in [4.78, 5) is 10.6. The highest BCUT2D eigenvalue weighted by atomic mass is 16.5. The number of ether oxygens (including phenoxy) is 1. The maximum atomic E-state index is 10.6. The van der Waals surface area contributed by atoms with Gasteiger partial charge in [0.05, 0.1) is 0 Å². The highest BCUT2D eigenvalue weighted by molar-refractivity contribution is 5.76. The monoisotopic (exact) mass is 203 g/mol. The van der Waals surface area contributed by atoms with Crippen LogP contribution in [0, 0.1) is 0 Å². The fourth-order valence-corrected chi connectivity index (χ4v) is 1.32. The van der Waals surface area contributed by atoms with Crippen molar-refractivity contribution < 1.29 is 19.7 Å². The van der Waals surface area contributed by atoms with Crippen LogP contribution in [0.5, 0.6) is 0 Å². The highest BCUT2D eigenvalue weighted by Crippen LogP contribution is 2.08. The summed E-state index contributed by atoms with van der Waals surface area (Å²) in [6.45, 7) is 2.77. The molecular weight excluding hydrogens is 186 g/mol. The maximum Gasteiger partial charge on any atom is 0.336 e. The van der Waals surface area contributed by atoms with Gasteiger partial charge in [-0.3, -0.25) is 0 Å². The van der Waals surface area contributed by atoms with E-state index in [9.17, 15) is 9.90 Å². The molecule has 14 heavy (non-hydrogen) atoms. The minimum Gasteiger partial charge on any atom is -0.479 e. The fourth-order valence-electron chi connectivity index (χ4n) is 1.32. The van der Waals surface area contributed by atoms with Crippen molar-refractivity contribution in [1.29, 1.82) is 0 Å². The molecule has 5 nitrogen and oxygen atoms in total. The number of nitrogens with one attached hydrogen (secondary N) is 1. The molecule has 0 aliphatic carbocycles. The lowest BCUT2D eigenvalue weighted by atomic mass is 10.0. The molecule has 1 unspecified atom stereocenters. The summed E-state index contributed by atoms with van der Waals surface area (Å²) in [5.41, 5.74) is -1.68. The number of carboxylic acids is 1. The normalized spacial score (nSPS) is 23.0. The lowest BCUT2D eigenvalue weighted by Gasteiger charge is -2.26. The van der Waals surface area contributed by atoms with Gasteiger partial charge in [-0.1, -0.05) is 0 Å². The number of hydrogen-bond acceptors (Lipinski definition) is 4. The number of carboxylic acid groups (broad SMARTS) is 1. The average molecular weight is 203 g/mol. The highest BCUT2D eigenvalue weighted by Gasteiger charge is 2.30. The standard InChI is InChI=1S/C9H17NO4/c1-9(13,8(11)12)6-10-7-2-4-14-5-3-7/h7,10,13H,2-6H2,1H3,(H,11,12). The molecule has 1 atom stereocenters. The molecule has 1 aliphatic heterocycles. The zero-order valence-electron chi connectivity index (χ0n) is 8.32. The summed E-state index contributed by atoms with van der Waals surface area (Å²) in [6, 6.07) is 0.259. The maximum absolute atomic E-state index is 10.6. The quantitative estimate of drug-likeness (QED) is 0.579. The average Bonchev–Trinajstić information content (AvgIpc) is 2.16. The molecule has 0 saturated carbocycles. The summed E-state index contributed by atoms with van der Waals surface area (Å²) in [6.07, 6.45) is 1.74. The van der Waals surface area contributed by atoms with Gasteiger partial charge in [0, 0.05) is 25.8 Å². The first-order chi connectivity index (χ1) is 6.52. The van der Waals surface area contributed by atoms with E-state index in [0.29, 0.717) is 13.2 Å². The Morgan fingerprint density at radius 3 is 2.64 bits per heavy atom. The molecule has 1 aliphatic rings. The summed E-state index contributed by atoms with van der Waals surface area (Å²) in [5, 5.41) is 21.1. The van der Waals surface area contributed by atoms with Crippen molar-refractivity contribution in [3.8, 4) is 0 Å². The molecule has 1 saturated heterocycles. The second-order valence-corrected chi connectivity index (χ2v) is 3.85. The van der Waals surface area contributed by atoms with Crippen LogP contribution in [0.3, 0.4) is 0 Å². The Hall–Kier alpha value is -0.650. The summed E-state index contributed by atoms with van der Waals surface area (Å²) in [5.74, 6) is -1.20. The minimum atomic E-state index is -1.68. The third-order valence-corrected chi connectivity index (χ3v) is 2.42. The van der Waals surface area contributed by atoms with Crippen LogP contribution < -0.4 is 5.32 Å². The summed E-state index contributed by atoms with van der Waals surface area (Å²) in [7, 11) is 0. The molecule has 0 aromatic rings. The van der Waals surface area contributed by atoms with Crippen molar-refractivity contribution >= 4 is 5.97 Å². The largest absolute Gasteiger partial charge is 0.479 e. The fraction of sp³-hybridized carbons (Fsp3) is 0.889. The van der Waals surface area contributed by atoms with Crippen molar-refractivity contribution in [2.24, 2.45) is 0 Å². The molecule has 3 N–H and O–H groups in total. The van der Waals surface area contributed by atoms with Crippen LogP contribution in [0.1, 0.15) is 19.8 Å². The molecule has 1 heterocycles. The van der Waals surface area contributed by atoms with Gasteiger partial charge < -0.3 is 20.3 Å². The van der Waals surface area contributed by atoms with E-state index in [1.165, 1.54) is 6.92 Å². The topological polar surface area (TPSA) is 78.8 Å². The van der Waals surface area contributed by atoms with Crippen molar-refractivity contribution in [3.63, 3.8) is 0 Å². The molecule has 0 aromatic carbocycles. The Kier molecular flexibility index (Phi) is 3.86. The van der Waals surface area contributed by atoms with Gasteiger partial charge in [0.1, 0.15) is 0 Å². The molecule has 0 spiro atoms. The molecule has 0 aromatic heterocycles. The van der Waals surface area contributed by atoms with Gasteiger partial charge in [-0.05, 0) is 19.8 Å². The number of aliphatic carboxylic acids is 1. The van der Waals surface area contributed by atoms with E-state index in [0.717, 1.165) is 12.8 Å². The number of carbonyl (C=O) groups is 1. The first-order valence-corrected chi connectivity index (χ1v) is 4.79. The van der Waals surface area contributed by atoms with Crippen molar-refractivity contribution in [3.05, 3.63) is 0 Å². The second kappa shape index (κ2) is 4.72. The summed E-state index contributed by atoms with van der Waals surface area (Å²) < 4.78 is 5.16. The molecule has 5 heteroatoms. The molecule has 0 amide bonds. The van der Waals surface area contributed by atoms with Gasteiger partial charge >= 0.3 is 5.97 Å². The van der Waals surface area contributed by atoms with Crippen LogP contribution in [-0.2, 0) is 9.53 Å². The van der Waals surface area contributed by atoms with Gasteiger partial charge in [0.25, 0.3) is 0 Å². The smallest absolute Gasteiger partial charge is 0.336 e. The Morgan fingerprint density at radius 2 is 2.14 bits per heavy atom. The lowest BCUT2D eigenvalue weighted by molar-refractivity contribution is -0.156. The Morgan fingerprint density at radius 1 is 1.57 bits per heavy atom. The molecule has 0 bridgehead atoms. The van der Waals surface area contributed by atoms with Crippen LogP contribution >= 0.6 is 0 Å². The molecular formula is C9H17NO4. The first-order valence-electron chi connectivity index (χ1n) is 4.79. The zero-order chi connectivity index (χ0) is 10.6. The molecule has 1 fully saturated rings. The van der Waals surface area contributed by atoms with E-state index in [4.69, 9.17) is 9.84 Å². The van der Waals surface area contributed by atoms with E-state index in [1.54, 1.807) is 0 Å². The van der Waals surface area contributed by atoms with Gasteiger partial charge in [0.2, 0.25) is 0 Å². The number of hydrogen-bond donors (Lipinski definition) is 3. The van der Waals surface area contributed by atoms with Gasteiger partial charge in [-0.25, -0.2) is 4.79 Å². The molecule has 0 radical (unpaired) electrons. The Labute approximate surface area is 83.1 Å². The second-order valence-electron chi connectivity index (χ2n) is 3.85. The lowest BCUT2D eigenvalue weighted by Crippen LogP contribution is -2.48. The number of aliphatic hydroxyl groups is 1. The van der Waals surface area contributed by atoms with Gasteiger partial charge in [-0.2, -0.15) is 0 Å². The van der Waals surface area contributed by atoms with E-state index >= 15 is 0 Å². The van der Waals surface area contributed by atoms with E-state index in [-0.39, 0.29) is 12.6 Å². The van der Waals surface area contributed by atoms with E-state index < -0.39 is 11.6 Å². The van der Waals surface area contributed by atoms with Crippen LogP contribution in [0.2, 0.25) is 0 Å². The SMILES string of the molecule is CC(O)(CNC1CCOCC1)C(=O)O. The predicted molar refractivity (Wildman–Crippen MR) is 50.1 cm³/mol. The third-order valence-electron chi connectivity index (χ3n) is 2.42. The summed E-state index contributed by atoms with van der Waals surface area (Å²) >= 11 is 0. The van der Waals surface area contributed by atoms with Gasteiger partial charge in [0.15, 0.2) is 5.60 Å². The van der Waals surface area contributed by atoms with E-state index in [2.05, 4.69) is 5.32 Å². The van der Waals surface area contributed by atoms with Crippen molar-refractivity contribution in [2.75, 3.05) is 19.8 Å². The van der Waals surface area contributed by atoms with Gasteiger partial charge in [-0.15, -0.1) is 0 Å². The minimum absolute atomic E-state index is 0.0764. The van der Waals surface area contributed by atoms with Crippen LogP contribution in [-0.4, -0.2) is 47.6 Å². The third kappa shape index (κ3) is 3.25. The van der Waals surface area contributed by atoms with Crippen molar-refractivity contribution in [2.45, 2.75) is 31.4 Å². The van der Waals surface area contributed by atoms with Crippen LogP contribution in [0.4, 0.5) is 0 Å². The van der Waals surface area contributed by atoms with Crippen molar-refractivity contribution in [1.82, 2.24) is 5.32 Å². The Bertz CT molecular complexity index is 199. The molecule has 1 rings (SSSR count). The Balaban J connectivity index is 2.28. The van der Waals surface area contributed by atoms with Crippen LogP contribution in [0.25, 0.3) is 0 Å². The predicted octanol–water partition coefficient (Wildman–Crippen LogP) is -0.409.